The van der Waals surface area contributed by atoms with E-state index in [0.29, 0.717) is 24.9 Å². The average molecular weight is 319 g/mol. The molecule has 0 aliphatic carbocycles. The molecular weight excluding hydrogens is 302 g/mol. The van der Waals surface area contributed by atoms with Crippen LogP contribution in [0.1, 0.15) is 11.3 Å². The summed E-state index contributed by atoms with van der Waals surface area (Å²) in [5, 5.41) is 12.3. The highest BCUT2D eigenvalue weighted by Crippen LogP contribution is 2.25. The van der Waals surface area contributed by atoms with Gasteiger partial charge in [-0.1, -0.05) is 35.9 Å². The molecule has 0 unspecified atom stereocenters. The number of nitrogens with zero attached hydrogens (tertiary/aromatic N) is 2. The van der Waals surface area contributed by atoms with E-state index >= 15 is 0 Å². The number of aryl methyl sites for hydroxylation is 1. The van der Waals surface area contributed by atoms with E-state index in [1.807, 2.05) is 67.6 Å². The van der Waals surface area contributed by atoms with Crippen molar-refractivity contribution in [1.29, 1.82) is 5.26 Å². The van der Waals surface area contributed by atoms with Crippen LogP contribution in [0.4, 0.5) is 5.88 Å². The number of ether oxygens (including phenoxy) is 1. The Balaban J connectivity index is 1.63. The van der Waals surface area contributed by atoms with Crippen LogP contribution in [0.25, 0.3) is 11.5 Å². The van der Waals surface area contributed by atoms with Crippen LogP contribution in [0.5, 0.6) is 5.75 Å². The molecule has 5 heteroatoms. The maximum absolute atomic E-state index is 9.21. The summed E-state index contributed by atoms with van der Waals surface area (Å²) in [6.07, 6.45) is 0. The number of para-hydroxylation sites is 1. The number of anilines is 1. The monoisotopic (exact) mass is 319 g/mol. The molecule has 0 atom stereocenters. The standard InChI is InChI=1S/C19H17N3O2/c1-14-7-9-15(10-8-14)18-22-17(13-20)19(24-18)21-11-12-23-16-5-3-2-4-6-16/h2-10,21H,11-12H2,1H3. The number of oxazole rings is 1. The minimum Gasteiger partial charge on any atom is -0.492 e. The minimum atomic E-state index is 0.241. The number of rotatable bonds is 6. The van der Waals surface area contributed by atoms with Gasteiger partial charge in [0.05, 0.1) is 6.54 Å². The fraction of sp³-hybridized carbons (Fsp3) is 0.158. The lowest BCUT2D eigenvalue weighted by molar-refractivity contribution is 0.331. The van der Waals surface area contributed by atoms with E-state index in [1.54, 1.807) is 0 Å². The Morgan fingerprint density at radius 1 is 1.12 bits per heavy atom. The topological polar surface area (TPSA) is 71.1 Å². The zero-order valence-electron chi connectivity index (χ0n) is 13.3. The maximum Gasteiger partial charge on any atom is 0.232 e. The molecule has 1 aromatic heterocycles. The fourth-order valence-corrected chi connectivity index (χ4v) is 2.19. The third-order valence-electron chi connectivity index (χ3n) is 3.43. The Morgan fingerprint density at radius 2 is 1.88 bits per heavy atom. The SMILES string of the molecule is Cc1ccc(-c2nc(C#N)c(NCCOc3ccccc3)o2)cc1. The van der Waals surface area contributed by atoms with Gasteiger partial charge >= 0.3 is 0 Å². The molecule has 0 saturated heterocycles. The second kappa shape index (κ2) is 7.34. The maximum atomic E-state index is 9.21. The molecule has 0 amide bonds. The van der Waals surface area contributed by atoms with Gasteiger partial charge in [0.25, 0.3) is 0 Å². The summed E-state index contributed by atoms with van der Waals surface area (Å²) in [7, 11) is 0. The average Bonchev–Trinajstić information content (AvgIpc) is 3.03. The van der Waals surface area contributed by atoms with Crippen molar-refractivity contribution >= 4 is 5.88 Å². The normalized spacial score (nSPS) is 10.2. The van der Waals surface area contributed by atoms with Crippen molar-refractivity contribution in [3.63, 3.8) is 0 Å². The molecule has 0 radical (unpaired) electrons. The number of hydrogen-bond donors (Lipinski definition) is 1. The summed E-state index contributed by atoms with van der Waals surface area (Å²) >= 11 is 0. The van der Waals surface area contributed by atoms with Gasteiger partial charge in [0, 0.05) is 5.56 Å². The molecule has 120 valence electrons. The molecule has 3 rings (SSSR count). The van der Waals surface area contributed by atoms with Crippen LogP contribution < -0.4 is 10.1 Å². The summed E-state index contributed by atoms with van der Waals surface area (Å²) in [6, 6.07) is 19.4. The van der Waals surface area contributed by atoms with Gasteiger partial charge in [0.2, 0.25) is 17.5 Å². The number of nitriles is 1. The molecule has 5 nitrogen and oxygen atoms in total. The summed E-state index contributed by atoms with van der Waals surface area (Å²) in [5.74, 6) is 1.60. The Bertz CT molecular complexity index is 833. The first-order valence-corrected chi connectivity index (χ1v) is 7.66. The smallest absolute Gasteiger partial charge is 0.232 e. The van der Waals surface area contributed by atoms with E-state index in [9.17, 15) is 5.26 Å². The lowest BCUT2D eigenvalue weighted by Gasteiger charge is -2.06. The highest BCUT2D eigenvalue weighted by Gasteiger charge is 2.14. The van der Waals surface area contributed by atoms with Crippen molar-refractivity contribution in [2.75, 3.05) is 18.5 Å². The van der Waals surface area contributed by atoms with Gasteiger partial charge in [-0.3, -0.25) is 0 Å². The molecule has 1 heterocycles. The van der Waals surface area contributed by atoms with E-state index in [-0.39, 0.29) is 5.69 Å². The number of aromatic nitrogens is 1. The van der Waals surface area contributed by atoms with E-state index < -0.39 is 0 Å². The van der Waals surface area contributed by atoms with Crippen LogP contribution in [-0.4, -0.2) is 18.1 Å². The summed E-state index contributed by atoms with van der Waals surface area (Å²) in [4.78, 5) is 4.23. The van der Waals surface area contributed by atoms with Gasteiger partial charge in [0.15, 0.2) is 0 Å². The number of benzene rings is 2. The van der Waals surface area contributed by atoms with Crippen LogP contribution >= 0.6 is 0 Å². The summed E-state index contributed by atoms with van der Waals surface area (Å²) < 4.78 is 11.3. The van der Waals surface area contributed by atoms with Crippen LogP contribution in [0.15, 0.2) is 59.0 Å². The van der Waals surface area contributed by atoms with E-state index in [4.69, 9.17) is 9.15 Å². The number of hydrogen-bond acceptors (Lipinski definition) is 5. The quantitative estimate of drug-likeness (QED) is 0.695. The van der Waals surface area contributed by atoms with Crippen molar-refractivity contribution in [2.45, 2.75) is 6.92 Å². The zero-order chi connectivity index (χ0) is 16.8. The molecule has 1 N–H and O–H groups in total. The highest BCUT2D eigenvalue weighted by atomic mass is 16.5. The van der Waals surface area contributed by atoms with Crippen molar-refractivity contribution in [1.82, 2.24) is 4.98 Å². The van der Waals surface area contributed by atoms with E-state index in [0.717, 1.165) is 16.9 Å². The molecule has 24 heavy (non-hydrogen) atoms. The van der Waals surface area contributed by atoms with Crippen LogP contribution in [0.2, 0.25) is 0 Å². The molecule has 0 aliphatic rings. The summed E-state index contributed by atoms with van der Waals surface area (Å²) in [6.45, 7) is 2.97. The molecule has 3 aromatic rings. The van der Waals surface area contributed by atoms with Gasteiger partial charge in [0.1, 0.15) is 18.4 Å². The lowest BCUT2D eigenvalue weighted by atomic mass is 10.1. The Labute approximate surface area is 140 Å². The highest BCUT2D eigenvalue weighted by molar-refractivity contribution is 5.59. The van der Waals surface area contributed by atoms with Crippen LogP contribution in [0.3, 0.4) is 0 Å². The first-order valence-electron chi connectivity index (χ1n) is 7.66. The van der Waals surface area contributed by atoms with Crippen molar-refractivity contribution in [3.05, 3.63) is 65.9 Å². The third-order valence-corrected chi connectivity index (χ3v) is 3.43. The first-order chi connectivity index (χ1) is 11.8. The van der Waals surface area contributed by atoms with Gasteiger partial charge in [-0.15, -0.1) is 0 Å². The van der Waals surface area contributed by atoms with Gasteiger partial charge < -0.3 is 14.5 Å². The van der Waals surface area contributed by atoms with Gasteiger partial charge in [-0.05, 0) is 31.2 Å². The van der Waals surface area contributed by atoms with Crippen LogP contribution in [-0.2, 0) is 0 Å². The number of nitrogens with one attached hydrogen (secondary N) is 1. The predicted molar refractivity (Wildman–Crippen MR) is 91.8 cm³/mol. The molecule has 0 fully saturated rings. The molecule has 2 aromatic carbocycles. The third kappa shape index (κ3) is 3.73. The second-order valence-electron chi connectivity index (χ2n) is 5.26. The molecular formula is C19H17N3O2. The van der Waals surface area contributed by atoms with Crippen molar-refractivity contribution in [2.24, 2.45) is 0 Å². The lowest BCUT2D eigenvalue weighted by Crippen LogP contribution is -2.11. The summed E-state index contributed by atoms with van der Waals surface area (Å²) in [5.41, 5.74) is 2.23. The minimum absolute atomic E-state index is 0.241. The Morgan fingerprint density at radius 3 is 2.58 bits per heavy atom. The molecule has 0 spiro atoms. The van der Waals surface area contributed by atoms with Gasteiger partial charge in [-0.2, -0.15) is 10.2 Å². The van der Waals surface area contributed by atoms with Crippen molar-refractivity contribution < 1.29 is 9.15 Å². The van der Waals surface area contributed by atoms with E-state index in [1.165, 1.54) is 0 Å². The largest absolute Gasteiger partial charge is 0.492 e. The molecule has 0 saturated carbocycles. The Kier molecular flexibility index (Phi) is 4.78. The zero-order valence-corrected chi connectivity index (χ0v) is 13.3. The fourth-order valence-electron chi connectivity index (χ4n) is 2.19. The second-order valence-corrected chi connectivity index (χ2v) is 5.26. The molecule has 0 bridgehead atoms. The first kappa shape index (κ1) is 15.6. The van der Waals surface area contributed by atoms with E-state index in [2.05, 4.69) is 10.3 Å². The van der Waals surface area contributed by atoms with Gasteiger partial charge in [-0.25, -0.2) is 0 Å². The predicted octanol–water partition coefficient (Wildman–Crippen LogP) is 4.01. The van der Waals surface area contributed by atoms with Crippen LogP contribution in [0, 0.1) is 18.3 Å². The Hall–Kier alpha value is -3.26. The van der Waals surface area contributed by atoms with Crippen molar-refractivity contribution in [3.8, 4) is 23.3 Å². The molecule has 0 aliphatic heterocycles.